The normalized spacial score (nSPS) is 13.3. The number of benzene rings is 1. The molecule has 8 heteroatoms. The number of ether oxygens (including phenoxy) is 1. The lowest BCUT2D eigenvalue weighted by atomic mass is 9.99. The number of fused-ring (bicyclic) bond motifs is 1. The summed E-state index contributed by atoms with van der Waals surface area (Å²) < 4.78 is 11.1. The van der Waals surface area contributed by atoms with E-state index in [4.69, 9.17) is 9.15 Å². The van der Waals surface area contributed by atoms with Gasteiger partial charge in [-0.25, -0.2) is 0 Å². The summed E-state index contributed by atoms with van der Waals surface area (Å²) in [5.41, 5.74) is 2.13. The molecule has 2 aromatic heterocycles. The number of aryl methyl sites for hydroxylation is 2. The molecule has 1 aliphatic carbocycles. The summed E-state index contributed by atoms with van der Waals surface area (Å²) in [6.07, 6.45) is 4.79. The maximum atomic E-state index is 12.5. The molecule has 158 valence electrons. The molecule has 0 bridgehead atoms. The van der Waals surface area contributed by atoms with Gasteiger partial charge in [-0.1, -0.05) is 13.0 Å². The number of amides is 1. The summed E-state index contributed by atoms with van der Waals surface area (Å²) in [5, 5.41) is 11.3. The molecule has 0 unspecified atom stereocenters. The molecule has 0 radical (unpaired) electrons. The second-order valence-electron chi connectivity index (χ2n) is 7.35. The lowest BCUT2D eigenvalue weighted by Gasteiger charge is -2.17. The van der Waals surface area contributed by atoms with Gasteiger partial charge in [0.2, 0.25) is 11.8 Å². The van der Waals surface area contributed by atoms with Crippen LogP contribution in [-0.2, 0) is 24.2 Å². The molecule has 3 aromatic rings. The number of likely N-dealkylation sites (N-methyl/N-ethyl adjacent to an activating group) is 1. The highest BCUT2D eigenvalue weighted by Crippen LogP contribution is 2.35. The van der Waals surface area contributed by atoms with Crippen LogP contribution < -0.4 is 10.1 Å². The van der Waals surface area contributed by atoms with Gasteiger partial charge in [-0.15, -0.1) is 21.5 Å². The molecule has 7 nitrogen and oxygen atoms in total. The van der Waals surface area contributed by atoms with Crippen molar-refractivity contribution >= 4 is 22.9 Å². The first-order valence-electron chi connectivity index (χ1n) is 10.2. The van der Waals surface area contributed by atoms with Crippen molar-refractivity contribution in [2.75, 3.05) is 25.5 Å². The third kappa shape index (κ3) is 4.88. The molecule has 30 heavy (non-hydrogen) atoms. The first kappa shape index (κ1) is 20.6. The number of thiophene rings is 1. The van der Waals surface area contributed by atoms with Crippen LogP contribution in [0.5, 0.6) is 5.75 Å². The van der Waals surface area contributed by atoms with Gasteiger partial charge in [0.05, 0.1) is 25.1 Å². The summed E-state index contributed by atoms with van der Waals surface area (Å²) >= 11 is 1.76. The van der Waals surface area contributed by atoms with Gasteiger partial charge in [0.1, 0.15) is 5.75 Å². The Hall–Kier alpha value is -2.71. The van der Waals surface area contributed by atoms with Crippen LogP contribution in [0.25, 0.3) is 10.8 Å². The Morgan fingerprint density at radius 2 is 2.13 bits per heavy atom. The zero-order valence-corrected chi connectivity index (χ0v) is 18.1. The van der Waals surface area contributed by atoms with Gasteiger partial charge < -0.3 is 14.5 Å². The lowest BCUT2D eigenvalue weighted by Crippen LogP contribution is -2.32. The molecule has 0 fully saturated rings. The lowest BCUT2D eigenvalue weighted by molar-refractivity contribution is -0.117. The molecule has 1 aliphatic rings. The van der Waals surface area contributed by atoms with Crippen LogP contribution >= 0.6 is 11.3 Å². The average molecular weight is 427 g/mol. The number of carbonyl (C=O) groups is 1. The van der Waals surface area contributed by atoms with E-state index in [0.29, 0.717) is 36.3 Å². The average Bonchev–Trinajstić information content (AvgIpc) is 3.40. The summed E-state index contributed by atoms with van der Waals surface area (Å²) in [4.78, 5) is 16.9. The highest BCUT2D eigenvalue weighted by molar-refractivity contribution is 7.15. The van der Waals surface area contributed by atoms with Gasteiger partial charge in [0.25, 0.3) is 5.89 Å². The van der Waals surface area contributed by atoms with E-state index in [-0.39, 0.29) is 12.5 Å². The second kappa shape index (κ2) is 9.40. The van der Waals surface area contributed by atoms with Crippen LogP contribution in [0, 0.1) is 0 Å². The van der Waals surface area contributed by atoms with E-state index >= 15 is 0 Å². The fourth-order valence-corrected chi connectivity index (χ4v) is 4.76. The Balaban J connectivity index is 1.36. The van der Waals surface area contributed by atoms with Crippen molar-refractivity contribution in [2.24, 2.45) is 0 Å². The Kier molecular flexibility index (Phi) is 6.44. The molecular weight excluding hydrogens is 400 g/mol. The van der Waals surface area contributed by atoms with Crippen molar-refractivity contribution < 1.29 is 13.9 Å². The predicted octanol–water partition coefficient (Wildman–Crippen LogP) is 4.15. The van der Waals surface area contributed by atoms with Crippen LogP contribution in [-0.4, -0.2) is 41.2 Å². The summed E-state index contributed by atoms with van der Waals surface area (Å²) in [7, 11) is 1.60. The topological polar surface area (TPSA) is 80.5 Å². The molecule has 4 rings (SSSR count). The fraction of sp³-hybridized carbons (Fsp3) is 0.409. The van der Waals surface area contributed by atoms with Crippen LogP contribution in [0.4, 0.5) is 5.69 Å². The number of hydrogen-bond acceptors (Lipinski definition) is 7. The minimum atomic E-state index is -0.101. The quantitative estimate of drug-likeness (QED) is 0.583. The van der Waals surface area contributed by atoms with Gasteiger partial charge >= 0.3 is 0 Å². The maximum Gasteiger partial charge on any atom is 0.257 e. The van der Waals surface area contributed by atoms with E-state index in [0.717, 1.165) is 17.7 Å². The maximum absolute atomic E-state index is 12.5. The number of aromatic nitrogens is 2. The highest BCUT2D eigenvalue weighted by Gasteiger charge is 2.19. The van der Waals surface area contributed by atoms with Crippen molar-refractivity contribution in [3.8, 4) is 16.5 Å². The SMILES string of the molecule is CCN(CC(=O)Nc1cccc(OC)c1)Cc1nnc(-c2cc3c(s2)CCCC3)o1. The Morgan fingerprint density at radius 1 is 1.27 bits per heavy atom. The Morgan fingerprint density at radius 3 is 2.93 bits per heavy atom. The van der Waals surface area contributed by atoms with E-state index in [1.807, 2.05) is 30.0 Å². The zero-order valence-electron chi connectivity index (χ0n) is 17.3. The molecular formula is C22H26N4O3S. The number of methoxy groups -OCH3 is 1. The van der Waals surface area contributed by atoms with Gasteiger partial charge in [0, 0.05) is 16.6 Å². The van der Waals surface area contributed by atoms with Gasteiger partial charge in [-0.05, 0) is 56.0 Å². The van der Waals surface area contributed by atoms with Crippen molar-refractivity contribution in [3.05, 3.63) is 46.7 Å². The first-order valence-corrected chi connectivity index (χ1v) is 11.1. The van der Waals surface area contributed by atoms with Gasteiger partial charge in [-0.2, -0.15) is 0 Å². The number of hydrogen-bond donors (Lipinski definition) is 1. The van der Waals surface area contributed by atoms with Crippen molar-refractivity contribution in [1.82, 2.24) is 15.1 Å². The predicted molar refractivity (Wildman–Crippen MR) is 117 cm³/mol. The highest BCUT2D eigenvalue weighted by atomic mass is 32.1. The van der Waals surface area contributed by atoms with Crippen molar-refractivity contribution in [2.45, 2.75) is 39.2 Å². The number of nitrogens with one attached hydrogen (secondary N) is 1. The van der Waals surface area contributed by atoms with Gasteiger partial charge in [-0.3, -0.25) is 9.69 Å². The molecule has 0 saturated carbocycles. The van der Waals surface area contributed by atoms with E-state index in [1.165, 1.54) is 23.3 Å². The number of anilines is 1. The molecule has 0 saturated heterocycles. The Labute approximate surface area is 180 Å². The summed E-state index contributed by atoms with van der Waals surface area (Å²) in [6, 6.07) is 9.50. The van der Waals surface area contributed by atoms with Crippen LogP contribution in [0.1, 0.15) is 36.1 Å². The summed E-state index contributed by atoms with van der Waals surface area (Å²) in [5.74, 6) is 1.69. The summed E-state index contributed by atoms with van der Waals surface area (Å²) in [6.45, 7) is 3.36. The number of rotatable bonds is 8. The molecule has 0 aliphatic heterocycles. The fourth-order valence-electron chi connectivity index (χ4n) is 3.59. The third-order valence-electron chi connectivity index (χ3n) is 5.20. The largest absolute Gasteiger partial charge is 0.497 e. The van der Waals surface area contributed by atoms with Crippen LogP contribution in [0.3, 0.4) is 0 Å². The second-order valence-corrected chi connectivity index (χ2v) is 8.49. The molecule has 2 heterocycles. The van der Waals surface area contributed by atoms with E-state index < -0.39 is 0 Å². The monoisotopic (exact) mass is 426 g/mol. The number of carbonyl (C=O) groups excluding carboxylic acids is 1. The Bertz CT molecular complexity index is 990. The molecule has 0 atom stereocenters. The minimum absolute atomic E-state index is 0.101. The van der Waals surface area contributed by atoms with E-state index in [9.17, 15) is 4.79 Å². The minimum Gasteiger partial charge on any atom is -0.497 e. The molecule has 1 N–H and O–H groups in total. The van der Waals surface area contributed by atoms with Crippen LogP contribution in [0.15, 0.2) is 34.7 Å². The van der Waals surface area contributed by atoms with E-state index in [2.05, 4.69) is 21.6 Å². The van der Waals surface area contributed by atoms with Crippen molar-refractivity contribution in [1.29, 1.82) is 0 Å². The standard InChI is InChI=1S/C22H26N4O3S/c1-3-26(13-20(27)23-16-8-6-9-17(12-16)28-2)14-21-24-25-22(29-21)19-11-15-7-4-5-10-18(15)30-19/h6,8-9,11-12H,3-5,7,10,13-14H2,1-2H3,(H,23,27). The van der Waals surface area contributed by atoms with E-state index in [1.54, 1.807) is 24.5 Å². The first-order chi connectivity index (χ1) is 14.6. The zero-order chi connectivity index (χ0) is 20.9. The third-order valence-corrected chi connectivity index (χ3v) is 6.43. The van der Waals surface area contributed by atoms with Crippen LogP contribution in [0.2, 0.25) is 0 Å². The smallest absolute Gasteiger partial charge is 0.257 e. The molecule has 1 aromatic carbocycles. The van der Waals surface area contributed by atoms with Crippen molar-refractivity contribution in [3.63, 3.8) is 0 Å². The molecule has 0 spiro atoms. The van der Waals surface area contributed by atoms with Gasteiger partial charge in [0.15, 0.2) is 0 Å². The number of nitrogens with zero attached hydrogens (tertiary/aromatic N) is 3. The molecule has 1 amide bonds.